The van der Waals surface area contributed by atoms with Gasteiger partial charge in [0.05, 0.1) is 5.52 Å². The van der Waals surface area contributed by atoms with Gasteiger partial charge in [-0.3, -0.25) is 9.89 Å². The third-order valence-electron chi connectivity index (χ3n) is 4.24. The van der Waals surface area contributed by atoms with Crippen LogP contribution in [0.4, 0.5) is 5.82 Å². The number of nitrogens with zero attached hydrogens (tertiary/aromatic N) is 4. The van der Waals surface area contributed by atoms with Gasteiger partial charge in [0, 0.05) is 18.3 Å². The molecule has 0 aliphatic carbocycles. The van der Waals surface area contributed by atoms with Gasteiger partial charge >= 0.3 is 0 Å². The maximum Gasteiger partial charge on any atom is 0.277 e. The molecule has 3 heterocycles. The summed E-state index contributed by atoms with van der Waals surface area (Å²) in [6, 6.07) is 13.4. The molecule has 3 aromatic heterocycles. The van der Waals surface area contributed by atoms with Crippen LogP contribution in [0.3, 0.4) is 0 Å². The van der Waals surface area contributed by atoms with Crippen molar-refractivity contribution >= 4 is 38.7 Å². The van der Waals surface area contributed by atoms with Gasteiger partial charge in [-0.25, -0.2) is 9.97 Å². The summed E-state index contributed by atoms with van der Waals surface area (Å²) in [6.45, 7) is 1.84. The fraction of sp³-hybridized carbons (Fsp3) is 0.111. The highest BCUT2D eigenvalue weighted by Gasteiger charge is 2.18. The Hall–Kier alpha value is -3.00. The molecule has 0 atom stereocenters. The number of amides is 1. The number of imidazole rings is 1. The predicted molar refractivity (Wildman–Crippen MR) is 103 cm³/mol. The zero-order valence-corrected chi connectivity index (χ0v) is 15.7. The average Bonchev–Trinajstić information content (AvgIpc) is 3.18. The molecule has 7 nitrogen and oxygen atoms in total. The van der Waals surface area contributed by atoms with Crippen molar-refractivity contribution < 1.29 is 4.79 Å². The van der Waals surface area contributed by atoms with Gasteiger partial charge in [0.15, 0.2) is 10.4 Å². The van der Waals surface area contributed by atoms with Gasteiger partial charge in [0.25, 0.3) is 5.91 Å². The van der Waals surface area contributed by atoms with Crippen LogP contribution >= 0.6 is 15.9 Å². The number of halogens is 1. The summed E-state index contributed by atoms with van der Waals surface area (Å²) in [5.74, 6) is 0.141. The quantitative estimate of drug-likeness (QED) is 0.538. The lowest BCUT2D eigenvalue weighted by Gasteiger charge is -2.04. The zero-order chi connectivity index (χ0) is 18.3. The second kappa shape index (κ2) is 6.38. The Morgan fingerprint density at radius 1 is 1.15 bits per heavy atom. The van der Waals surface area contributed by atoms with E-state index in [0.29, 0.717) is 21.8 Å². The third-order valence-corrected chi connectivity index (χ3v) is 4.95. The van der Waals surface area contributed by atoms with Crippen LogP contribution < -0.4 is 5.32 Å². The van der Waals surface area contributed by atoms with Gasteiger partial charge in [0.2, 0.25) is 0 Å². The molecule has 1 aromatic carbocycles. The Labute approximate surface area is 157 Å². The largest absolute Gasteiger partial charge is 0.325 e. The van der Waals surface area contributed by atoms with Crippen molar-refractivity contribution in [2.24, 2.45) is 7.05 Å². The van der Waals surface area contributed by atoms with Crippen LogP contribution in [0, 0.1) is 6.92 Å². The van der Waals surface area contributed by atoms with Crippen LogP contribution in [0.15, 0.2) is 47.2 Å². The maximum absolute atomic E-state index is 12.6. The van der Waals surface area contributed by atoms with Gasteiger partial charge in [-0.2, -0.15) is 5.10 Å². The van der Waals surface area contributed by atoms with Crippen LogP contribution in [-0.4, -0.2) is 30.6 Å². The molecule has 0 aliphatic heterocycles. The molecule has 8 heteroatoms. The van der Waals surface area contributed by atoms with Crippen LogP contribution in [0.2, 0.25) is 0 Å². The Bertz CT molecular complexity index is 1120. The van der Waals surface area contributed by atoms with E-state index in [1.807, 2.05) is 50.4 Å². The van der Waals surface area contributed by atoms with Crippen LogP contribution in [0.5, 0.6) is 0 Å². The fourth-order valence-corrected chi connectivity index (χ4v) is 3.15. The minimum absolute atomic E-state index is 0.305. The highest BCUT2D eigenvalue weighted by atomic mass is 79.9. The van der Waals surface area contributed by atoms with E-state index >= 15 is 0 Å². The molecule has 4 rings (SSSR count). The van der Waals surface area contributed by atoms with E-state index < -0.39 is 0 Å². The standard InChI is InChI=1S/C18H15BrN6O/c1-10-14(22-18(19)25(10)2)17(26)21-13-9-8-12-16(20-13)15(24-23-12)11-6-4-3-5-7-11/h3-9H,1-2H3,(H,23,24)(H,20,21,26). The van der Waals surface area contributed by atoms with Crippen molar-refractivity contribution in [1.29, 1.82) is 0 Å². The first-order valence-electron chi connectivity index (χ1n) is 7.95. The van der Waals surface area contributed by atoms with Crippen LogP contribution in [-0.2, 0) is 7.05 Å². The summed E-state index contributed by atoms with van der Waals surface area (Å²) in [6.07, 6.45) is 0. The first-order valence-corrected chi connectivity index (χ1v) is 8.74. The second-order valence-corrected chi connectivity index (χ2v) is 6.57. The number of fused-ring (bicyclic) bond motifs is 1. The summed E-state index contributed by atoms with van der Waals surface area (Å²) >= 11 is 3.33. The van der Waals surface area contributed by atoms with Crippen molar-refractivity contribution in [3.63, 3.8) is 0 Å². The summed E-state index contributed by atoms with van der Waals surface area (Å²) in [7, 11) is 1.84. The Balaban J connectivity index is 1.69. The predicted octanol–water partition coefficient (Wildman–Crippen LogP) is 3.68. The molecule has 0 fully saturated rings. The molecule has 4 aromatic rings. The van der Waals surface area contributed by atoms with Crippen LogP contribution in [0.25, 0.3) is 22.3 Å². The van der Waals surface area contributed by atoms with E-state index in [1.54, 1.807) is 10.6 Å². The smallest absolute Gasteiger partial charge is 0.277 e. The highest BCUT2D eigenvalue weighted by Crippen LogP contribution is 2.26. The first kappa shape index (κ1) is 16.5. The topological polar surface area (TPSA) is 88.5 Å². The van der Waals surface area contributed by atoms with E-state index in [0.717, 1.165) is 22.5 Å². The van der Waals surface area contributed by atoms with E-state index in [1.165, 1.54) is 0 Å². The lowest BCUT2D eigenvalue weighted by molar-refractivity contribution is 0.102. The van der Waals surface area contributed by atoms with E-state index in [2.05, 4.69) is 41.4 Å². The number of nitrogens with one attached hydrogen (secondary N) is 2. The number of H-pyrrole nitrogens is 1. The molecule has 0 radical (unpaired) electrons. The minimum Gasteiger partial charge on any atom is -0.325 e. The molecule has 2 N–H and O–H groups in total. The van der Waals surface area contributed by atoms with Crippen molar-refractivity contribution in [2.45, 2.75) is 6.92 Å². The normalized spacial score (nSPS) is 11.0. The number of carbonyl (C=O) groups is 1. The van der Waals surface area contributed by atoms with Gasteiger partial charge in [-0.15, -0.1) is 0 Å². The molecule has 26 heavy (non-hydrogen) atoms. The molecule has 0 aliphatic rings. The zero-order valence-electron chi connectivity index (χ0n) is 14.1. The monoisotopic (exact) mass is 410 g/mol. The lowest BCUT2D eigenvalue weighted by atomic mass is 10.1. The Morgan fingerprint density at radius 3 is 2.62 bits per heavy atom. The number of hydrogen-bond acceptors (Lipinski definition) is 4. The van der Waals surface area contributed by atoms with Crippen molar-refractivity contribution in [2.75, 3.05) is 5.32 Å². The number of rotatable bonds is 3. The number of hydrogen-bond donors (Lipinski definition) is 2. The Morgan fingerprint density at radius 2 is 1.92 bits per heavy atom. The Kier molecular flexibility index (Phi) is 4.04. The molecule has 1 amide bonds. The second-order valence-electron chi connectivity index (χ2n) is 5.86. The average molecular weight is 411 g/mol. The maximum atomic E-state index is 12.6. The molecule has 0 bridgehead atoms. The summed E-state index contributed by atoms with van der Waals surface area (Å²) in [5.41, 5.74) is 4.33. The van der Waals surface area contributed by atoms with E-state index in [9.17, 15) is 4.79 Å². The number of aromatic nitrogens is 5. The fourth-order valence-electron chi connectivity index (χ4n) is 2.70. The van der Waals surface area contributed by atoms with Crippen molar-refractivity contribution in [1.82, 2.24) is 24.7 Å². The van der Waals surface area contributed by atoms with Crippen LogP contribution in [0.1, 0.15) is 16.2 Å². The molecule has 0 spiro atoms. The summed E-state index contributed by atoms with van der Waals surface area (Å²) < 4.78 is 2.40. The third kappa shape index (κ3) is 2.78. The number of aromatic amines is 1. The number of anilines is 1. The number of pyridine rings is 1. The molecule has 0 saturated carbocycles. The molecule has 0 unspecified atom stereocenters. The summed E-state index contributed by atoms with van der Waals surface area (Å²) in [5, 5.41) is 10.1. The van der Waals surface area contributed by atoms with E-state index in [-0.39, 0.29) is 5.91 Å². The molecule has 0 saturated heterocycles. The lowest BCUT2D eigenvalue weighted by Crippen LogP contribution is -2.15. The van der Waals surface area contributed by atoms with E-state index in [4.69, 9.17) is 0 Å². The van der Waals surface area contributed by atoms with Gasteiger partial charge in [0.1, 0.15) is 17.0 Å². The molecular formula is C18H15BrN6O. The first-order chi connectivity index (χ1) is 12.5. The molecule has 130 valence electrons. The van der Waals surface area contributed by atoms with Crippen molar-refractivity contribution in [3.05, 3.63) is 58.6 Å². The SMILES string of the molecule is Cc1c(C(=O)Nc2ccc3[nH]nc(-c4ccccc4)c3n2)nc(Br)n1C. The van der Waals surface area contributed by atoms with Gasteiger partial charge in [-0.1, -0.05) is 30.3 Å². The minimum atomic E-state index is -0.305. The number of benzene rings is 1. The highest BCUT2D eigenvalue weighted by molar-refractivity contribution is 9.10. The molecular weight excluding hydrogens is 396 g/mol. The van der Waals surface area contributed by atoms with Gasteiger partial charge in [-0.05, 0) is 35.0 Å². The van der Waals surface area contributed by atoms with Crippen molar-refractivity contribution in [3.8, 4) is 11.3 Å². The van der Waals surface area contributed by atoms with Gasteiger partial charge < -0.3 is 9.88 Å². The summed E-state index contributed by atoms with van der Waals surface area (Å²) in [4.78, 5) is 21.4. The number of carbonyl (C=O) groups excluding carboxylic acids is 1.